The molecule has 0 aliphatic carbocycles. The maximum atomic E-state index is 12.1. The van der Waals surface area contributed by atoms with Gasteiger partial charge < -0.3 is 4.90 Å². The number of likely N-dealkylation sites (tertiary alicyclic amines) is 1. The zero-order valence-corrected chi connectivity index (χ0v) is 13.6. The first kappa shape index (κ1) is 15.0. The molecule has 7 heteroatoms. The molecule has 1 aliphatic heterocycles. The molecule has 1 amide bonds. The molecule has 1 saturated heterocycles. The molecule has 2 aromatic rings. The lowest BCUT2D eigenvalue weighted by Gasteiger charge is -2.14. The van der Waals surface area contributed by atoms with Gasteiger partial charge in [-0.3, -0.25) is 4.79 Å². The summed E-state index contributed by atoms with van der Waals surface area (Å²) in [4.78, 5) is 22.5. The Labute approximate surface area is 133 Å². The summed E-state index contributed by atoms with van der Waals surface area (Å²) in [5.74, 6) is 1.35. The number of carbonyl (C=O) groups excluding carboxylic acids is 1. The van der Waals surface area contributed by atoms with E-state index in [4.69, 9.17) is 0 Å². The van der Waals surface area contributed by atoms with E-state index in [-0.39, 0.29) is 5.91 Å². The van der Waals surface area contributed by atoms with Crippen LogP contribution in [0.25, 0.3) is 5.82 Å². The van der Waals surface area contributed by atoms with E-state index in [0.717, 1.165) is 48.2 Å². The number of aromatic nitrogens is 4. The second-order valence-electron chi connectivity index (χ2n) is 5.43. The van der Waals surface area contributed by atoms with Gasteiger partial charge in [-0.15, -0.1) is 0 Å². The van der Waals surface area contributed by atoms with E-state index in [2.05, 4.69) is 15.1 Å². The van der Waals surface area contributed by atoms with Crippen molar-refractivity contribution in [2.75, 3.05) is 18.8 Å². The molecule has 0 radical (unpaired) electrons. The number of aryl methyl sites for hydroxylation is 2. The SMILES string of the molecule is Cc1cc(C)n(-c2cc(SCC(=O)N3CCCC3)ncn2)n1. The molecule has 0 aromatic carbocycles. The van der Waals surface area contributed by atoms with Gasteiger partial charge in [0.15, 0.2) is 5.82 Å². The molecule has 1 aliphatic rings. The van der Waals surface area contributed by atoms with Gasteiger partial charge in [0.2, 0.25) is 5.91 Å². The smallest absolute Gasteiger partial charge is 0.232 e. The normalized spacial score (nSPS) is 14.5. The average molecular weight is 317 g/mol. The van der Waals surface area contributed by atoms with Crippen molar-refractivity contribution < 1.29 is 4.79 Å². The van der Waals surface area contributed by atoms with Gasteiger partial charge in [-0.1, -0.05) is 11.8 Å². The van der Waals surface area contributed by atoms with Crippen molar-refractivity contribution in [3.05, 3.63) is 29.8 Å². The predicted octanol–water partition coefficient (Wildman–Crippen LogP) is 1.99. The number of carbonyl (C=O) groups is 1. The van der Waals surface area contributed by atoms with E-state index in [9.17, 15) is 4.79 Å². The summed E-state index contributed by atoms with van der Waals surface area (Å²) in [7, 11) is 0. The number of amides is 1. The average Bonchev–Trinajstić information content (AvgIpc) is 3.15. The van der Waals surface area contributed by atoms with Gasteiger partial charge >= 0.3 is 0 Å². The maximum Gasteiger partial charge on any atom is 0.232 e. The molecule has 0 bridgehead atoms. The highest BCUT2D eigenvalue weighted by molar-refractivity contribution is 7.99. The van der Waals surface area contributed by atoms with Crippen molar-refractivity contribution in [3.8, 4) is 5.82 Å². The van der Waals surface area contributed by atoms with E-state index < -0.39 is 0 Å². The van der Waals surface area contributed by atoms with Crippen LogP contribution in [0.5, 0.6) is 0 Å². The molecule has 0 N–H and O–H groups in total. The van der Waals surface area contributed by atoms with Crippen molar-refractivity contribution in [2.45, 2.75) is 31.7 Å². The molecule has 3 rings (SSSR count). The molecule has 0 atom stereocenters. The Morgan fingerprint density at radius 3 is 2.68 bits per heavy atom. The summed E-state index contributed by atoms with van der Waals surface area (Å²) >= 11 is 1.45. The van der Waals surface area contributed by atoms with Crippen LogP contribution in [0, 0.1) is 13.8 Å². The first-order chi connectivity index (χ1) is 10.6. The van der Waals surface area contributed by atoms with Crippen LogP contribution >= 0.6 is 11.8 Å². The molecule has 0 unspecified atom stereocenters. The fourth-order valence-corrected chi connectivity index (χ4v) is 3.34. The fourth-order valence-electron chi connectivity index (χ4n) is 2.58. The number of hydrogen-bond donors (Lipinski definition) is 0. The quantitative estimate of drug-likeness (QED) is 0.637. The van der Waals surface area contributed by atoms with Crippen molar-refractivity contribution in [1.82, 2.24) is 24.6 Å². The Morgan fingerprint density at radius 2 is 2.00 bits per heavy atom. The lowest BCUT2D eigenvalue weighted by atomic mass is 10.4. The van der Waals surface area contributed by atoms with Crippen molar-refractivity contribution >= 4 is 17.7 Å². The first-order valence-corrected chi connectivity index (χ1v) is 8.38. The van der Waals surface area contributed by atoms with Gasteiger partial charge in [0, 0.05) is 24.8 Å². The van der Waals surface area contributed by atoms with Crippen LogP contribution in [0.15, 0.2) is 23.5 Å². The zero-order chi connectivity index (χ0) is 15.5. The third-order valence-electron chi connectivity index (χ3n) is 3.66. The number of thioether (sulfide) groups is 1. The van der Waals surface area contributed by atoms with Gasteiger partial charge in [-0.25, -0.2) is 14.6 Å². The van der Waals surface area contributed by atoms with Gasteiger partial charge in [0.1, 0.15) is 11.4 Å². The van der Waals surface area contributed by atoms with Crippen LogP contribution in [0.2, 0.25) is 0 Å². The van der Waals surface area contributed by atoms with Crippen LogP contribution in [-0.4, -0.2) is 49.4 Å². The minimum Gasteiger partial charge on any atom is -0.342 e. The van der Waals surface area contributed by atoms with Crippen LogP contribution in [0.1, 0.15) is 24.2 Å². The van der Waals surface area contributed by atoms with Crippen molar-refractivity contribution in [3.63, 3.8) is 0 Å². The van der Waals surface area contributed by atoms with Gasteiger partial charge in [-0.2, -0.15) is 5.10 Å². The summed E-state index contributed by atoms with van der Waals surface area (Å²) in [6.07, 6.45) is 3.76. The molecule has 0 spiro atoms. The second kappa shape index (κ2) is 6.48. The maximum absolute atomic E-state index is 12.1. The first-order valence-electron chi connectivity index (χ1n) is 7.40. The highest BCUT2D eigenvalue weighted by Gasteiger charge is 2.18. The van der Waals surface area contributed by atoms with E-state index in [1.807, 2.05) is 30.9 Å². The molecule has 116 valence electrons. The fraction of sp³-hybridized carbons (Fsp3) is 0.467. The molecular formula is C15H19N5OS. The molecule has 3 heterocycles. The zero-order valence-electron chi connectivity index (χ0n) is 12.8. The van der Waals surface area contributed by atoms with Crippen molar-refractivity contribution in [2.24, 2.45) is 0 Å². The molecule has 1 fully saturated rings. The number of nitrogens with zero attached hydrogens (tertiary/aromatic N) is 5. The minimum absolute atomic E-state index is 0.189. The standard InChI is InChI=1S/C15H19N5OS/c1-11-7-12(2)20(18-11)13-8-14(17-10-16-13)22-9-15(21)19-5-3-4-6-19/h7-8,10H,3-6,9H2,1-2H3. The Morgan fingerprint density at radius 1 is 1.23 bits per heavy atom. The number of rotatable bonds is 4. The highest BCUT2D eigenvalue weighted by Crippen LogP contribution is 2.19. The largest absolute Gasteiger partial charge is 0.342 e. The summed E-state index contributed by atoms with van der Waals surface area (Å²) in [6.45, 7) is 5.72. The Balaban J connectivity index is 1.69. The Bertz CT molecular complexity index is 678. The molecular weight excluding hydrogens is 298 g/mol. The highest BCUT2D eigenvalue weighted by atomic mass is 32.2. The predicted molar refractivity (Wildman–Crippen MR) is 85.2 cm³/mol. The van der Waals surface area contributed by atoms with Gasteiger partial charge in [0.05, 0.1) is 11.4 Å². The van der Waals surface area contributed by atoms with Crippen LogP contribution < -0.4 is 0 Å². The number of hydrogen-bond acceptors (Lipinski definition) is 5. The van der Waals surface area contributed by atoms with E-state index in [0.29, 0.717) is 5.75 Å². The lowest BCUT2D eigenvalue weighted by Crippen LogP contribution is -2.29. The Hall–Kier alpha value is -1.89. The summed E-state index contributed by atoms with van der Waals surface area (Å²) in [5, 5.41) is 5.22. The van der Waals surface area contributed by atoms with Gasteiger partial charge in [0.25, 0.3) is 0 Å². The third kappa shape index (κ3) is 3.30. The van der Waals surface area contributed by atoms with Crippen molar-refractivity contribution in [1.29, 1.82) is 0 Å². The molecule has 22 heavy (non-hydrogen) atoms. The van der Waals surface area contributed by atoms with E-state index in [1.165, 1.54) is 18.1 Å². The Kier molecular flexibility index (Phi) is 4.42. The lowest BCUT2D eigenvalue weighted by molar-refractivity contribution is -0.127. The monoisotopic (exact) mass is 317 g/mol. The topological polar surface area (TPSA) is 63.9 Å². The van der Waals surface area contributed by atoms with Crippen LogP contribution in [0.4, 0.5) is 0 Å². The van der Waals surface area contributed by atoms with Gasteiger partial charge in [-0.05, 0) is 32.8 Å². The van der Waals surface area contributed by atoms with E-state index in [1.54, 1.807) is 4.68 Å². The molecule has 2 aromatic heterocycles. The summed E-state index contributed by atoms with van der Waals surface area (Å²) in [5.41, 5.74) is 1.98. The van der Waals surface area contributed by atoms with E-state index >= 15 is 0 Å². The molecule has 0 saturated carbocycles. The minimum atomic E-state index is 0.189. The van der Waals surface area contributed by atoms with Crippen LogP contribution in [0.3, 0.4) is 0 Å². The molecule has 6 nitrogen and oxygen atoms in total. The third-order valence-corrected chi connectivity index (χ3v) is 4.57. The summed E-state index contributed by atoms with van der Waals surface area (Å²) < 4.78 is 1.80. The van der Waals surface area contributed by atoms with Crippen LogP contribution in [-0.2, 0) is 4.79 Å². The second-order valence-corrected chi connectivity index (χ2v) is 6.43. The summed E-state index contributed by atoms with van der Waals surface area (Å²) in [6, 6.07) is 3.88.